The molecule has 210 valence electrons. The molecule has 39 heavy (non-hydrogen) atoms. The summed E-state index contributed by atoms with van der Waals surface area (Å²) in [6.07, 6.45) is 1.07. The number of carboxylic acids is 2. The molecule has 2 heterocycles. The Morgan fingerprint density at radius 2 is 1.26 bits per heavy atom. The van der Waals surface area contributed by atoms with Gasteiger partial charge in [0.1, 0.15) is 6.10 Å². The second kappa shape index (κ2) is 16.4. The van der Waals surface area contributed by atoms with E-state index in [2.05, 4.69) is 58.3 Å². The first kappa shape index (κ1) is 30.0. The maximum atomic E-state index is 12.5. The van der Waals surface area contributed by atoms with Crippen LogP contribution in [0.1, 0.15) is 17.2 Å². The first-order valence-electron chi connectivity index (χ1n) is 13.1. The van der Waals surface area contributed by atoms with E-state index in [0.717, 1.165) is 45.8 Å². The number of ether oxygens (including phenoxy) is 2. The number of piperazine rings is 1. The molecule has 0 aromatic heterocycles. The first-order valence-corrected chi connectivity index (χ1v) is 13.1. The molecule has 2 fully saturated rings. The molecule has 2 aromatic rings. The summed E-state index contributed by atoms with van der Waals surface area (Å²) >= 11 is 0. The van der Waals surface area contributed by atoms with Gasteiger partial charge in [-0.3, -0.25) is 14.6 Å². The van der Waals surface area contributed by atoms with Gasteiger partial charge in [0.2, 0.25) is 5.91 Å². The second-order valence-electron chi connectivity index (χ2n) is 9.19. The van der Waals surface area contributed by atoms with E-state index in [1.54, 1.807) is 0 Å². The number of aliphatic carboxylic acids is 2. The molecule has 0 radical (unpaired) electrons. The van der Waals surface area contributed by atoms with Crippen LogP contribution in [0.4, 0.5) is 0 Å². The van der Waals surface area contributed by atoms with Crippen LogP contribution in [0, 0.1) is 0 Å². The highest BCUT2D eigenvalue weighted by molar-refractivity contribution is 5.89. The number of carbonyl (C=O) groups excluding carboxylic acids is 1. The highest BCUT2D eigenvalue weighted by Crippen LogP contribution is 2.25. The summed E-state index contributed by atoms with van der Waals surface area (Å²) < 4.78 is 11.7. The maximum absolute atomic E-state index is 12.5. The molecule has 2 aliphatic rings. The molecule has 0 bridgehead atoms. The van der Waals surface area contributed by atoms with Crippen LogP contribution in [-0.2, 0) is 23.9 Å². The van der Waals surface area contributed by atoms with Crippen LogP contribution in [0.2, 0.25) is 0 Å². The molecule has 2 N–H and O–H groups in total. The van der Waals surface area contributed by atoms with Crippen molar-refractivity contribution in [1.82, 2.24) is 14.7 Å². The van der Waals surface area contributed by atoms with Gasteiger partial charge in [-0.15, -0.1) is 0 Å². The van der Waals surface area contributed by atoms with Gasteiger partial charge in [-0.05, 0) is 11.1 Å². The number of nitrogens with zero attached hydrogens (tertiary/aromatic N) is 3. The van der Waals surface area contributed by atoms with E-state index >= 15 is 0 Å². The summed E-state index contributed by atoms with van der Waals surface area (Å²) in [6, 6.07) is 20.8. The zero-order chi connectivity index (χ0) is 27.9. The third kappa shape index (κ3) is 11.0. The van der Waals surface area contributed by atoms with Crippen molar-refractivity contribution < 1.29 is 34.1 Å². The predicted molar refractivity (Wildman–Crippen MR) is 145 cm³/mol. The van der Waals surface area contributed by atoms with Crippen LogP contribution in [0.3, 0.4) is 0 Å². The fourth-order valence-electron chi connectivity index (χ4n) is 4.36. The SMILES string of the molecule is O=C(CN1CCN(CCOC(c2ccccc2)c2ccccc2)CC1)N1CCOCC1.O=C(O)/C=C\C(=O)O. The van der Waals surface area contributed by atoms with Crippen molar-refractivity contribution in [3.8, 4) is 0 Å². The summed E-state index contributed by atoms with van der Waals surface area (Å²) in [5.74, 6) is -2.28. The molecule has 10 heteroatoms. The average molecular weight is 540 g/mol. The van der Waals surface area contributed by atoms with Crippen molar-refractivity contribution in [2.24, 2.45) is 0 Å². The second-order valence-corrected chi connectivity index (χ2v) is 9.19. The molecule has 10 nitrogen and oxygen atoms in total. The Labute approximate surface area is 229 Å². The Morgan fingerprint density at radius 3 is 1.74 bits per heavy atom. The van der Waals surface area contributed by atoms with Gasteiger partial charge in [-0.1, -0.05) is 60.7 Å². The van der Waals surface area contributed by atoms with Crippen molar-refractivity contribution in [1.29, 1.82) is 0 Å². The number of rotatable bonds is 10. The summed E-state index contributed by atoms with van der Waals surface area (Å²) in [5, 5.41) is 15.6. The number of morpholine rings is 1. The Morgan fingerprint density at radius 1 is 0.769 bits per heavy atom. The summed E-state index contributed by atoms with van der Waals surface area (Å²) in [7, 11) is 0. The summed E-state index contributed by atoms with van der Waals surface area (Å²) in [4.78, 5) is 38.2. The van der Waals surface area contributed by atoms with E-state index in [-0.39, 0.29) is 12.0 Å². The molecule has 2 aromatic carbocycles. The fraction of sp³-hybridized carbons (Fsp3) is 0.414. The molecular weight excluding hydrogens is 502 g/mol. The quantitative estimate of drug-likeness (QED) is 0.437. The Bertz CT molecular complexity index is 996. The first-order chi connectivity index (χ1) is 18.9. The largest absolute Gasteiger partial charge is 0.478 e. The van der Waals surface area contributed by atoms with Gasteiger partial charge < -0.3 is 24.6 Å². The fourth-order valence-corrected chi connectivity index (χ4v) is 4.36. The van der Waals surface area contributed by atoms with Crippen LogP contribution in [0.25, 0.3) is 0 Å². The van der Waals surface area contributed by atoms with Gasteiger partial charge in [-0.2, -0.15) is 0 Å². The van der Waals surface area contributed by atoms with Gasteiger partial charge >= 0.3 is 11.9 Å². The number of carboxylic acid groups (broad SMARTS) is 2. The van der Waals surface area contributed by atoms with E-state index in [1.165, 1.54) is 11.1 Å². The van der Waals surface area contributed by atoms with Gasteiger partial charge in [0.15, 0.2) is 0 Å². The monoisotopic (exact) mass is 539 g/mol. The lowest BCUT2D eigenvalue weighted by atomic mass is 10.0. The number of hydrogen-bond donors (Lipinski definition) is 2. The van der Waals surface area contributed by atoms with Crippen molar-refractivity contribution in [3.05, 3.63) is 83.9 Å². The smallest absolute Gasteiger partial charge is 0.328 e. The van der Waals surface area contributed by atoms with E-state index in [4.69, 9.17) is 19.7 Å². The molecular formula is C29H37N3O7. The van der Waals surface area contributed by atoms with Crippen molar-refractivity contribution in [3.63, 3.8) is 0 Å². The molecule has 0 aliphatic carbocycles. The minimum atomic E-state index is -1.26. The Balaban J connectivity index is 0.000000459. The van der Waals surface area contributed by atoms with Crippen molar-refractivity contribution in [2.75, 3.05) is 72.2 Å². The normalized spacial score (nSPS) is 16.6. The Kier molecular flexibility index (Phi) is 12.6. The molecule has 0 spiro atoms. The van der Waals surface area contributed by atoms with Gasteiger partial charge in [-0.25, -0.2) is 9.59 Å². The summed E-state index contributed by atoms with van der Waals surface area (Å²) in [5.41, 5.74) is 2.36. The third-order valence-corrected chi connectivity index (χ3v) is 6.45. The molecule has 4 rings (SSSR count). The Hall–Kier alpha value is -3.57. The van der Waals surface area contributed by atoms with Crippen LogP contribution < -0.4 is 0 Å². The van der Waals surface area contributed by atoms with Crippen molar-refractivity contribution >= 4 is 17.8 Å². The van der Waals surface area contributed by atoms with E-state index in [0.29, 0.717) is 38.5 Å². The standard InChI is InChI=1S/C25H33N3O3.C4H4O4/c29-24(28-16-18-30-19-17-28)21-27-13-11-26(12-14-27)15-20-31-25(22-7-3-1-4-8-22)23-9-5-2-6-10-23;5-3(6)1-2-4(7)8/h1-10,25H,11-21H2;1-2H,(H,5,6)(H,7,8)/b;2-1-. The molecule has 2 aliphatic heterocycles. The van der Waals surface area contributed by atoms with Crippen LogP contribution >= 0.6 is 0 Å². The zero-order valence-corrected chi connectivity index (χ0v) is 22.1. The third-order valence-electron chi connectivity index (χ3n) is 6.45. The van der Waals surface area contributed by atoms with Crippen LogP contribution in [0.15, 0.2) is 72.8 Å². The number of benzene rings is 2. The number of carbonyl (C=O) groups is 3. The molecule has 0 unspecified atom stereocenters. The van der Waals surface area contributed by atoms with E-state index in [9.17, 15) is 14.4 Å². The zero-order valence-electron chi connectivity index (χ0n) is 22.1. The minimum Gasteiger partial charge on any atom is -0.478 e. The molecule has 2 saturated heterocycles. The van der Waals surface area contributed by atoms with E-state index in [1.807, 2.05) is 17.0 Å². The number of hydrogen-bond acceptors (Lipinski definition) is 7. The minimum absolute atomic E-state index is 0.0465. The topological polar surface area (TPSA) is 120 Å². The lowest BCUT2D eigenvalue weighted by molar-refractivity contribution is -0.137. The van der Waals surface area contributed by atoms with Crippen LogP contribution in [-0.4, -0.2) is 115 Å². The lowest BCUT2D eigenvalue weighted by Crippen LogP contribution is -2.51. The highest BCUT2D eigenvalue weighted by Gasteiger charge is 2.23. The molecule has 0 saturated carbocycles. The lowest BCUT2D eigenvalue weighted by Gasteiger charge is -2.36. The predicted octanol–water partition coefficient (Wildman–Crippen LogP) is 1.98. The molecule has 0 atom stereocenters. The van der Waals surface area contributed by atoms with E-state index < -0.39 is 11.9 Å². The molecule has 1 amide bonds. The van der Waals surface area contributed by atoms with Gasteiger partial charge in [0.25, 0.3) is 0 Å². The highest BCUT2D eigenvalue weighted by atomic mass is 16.5. The van der Waals surface area contributed by atoms with Gasteiger partial charge in [0, 0.05) is 58.0 Å². The average Bonchev–Trinajstić information content (AvgIpc) is 2.97. The van der Waals surface area contributed by atoms with Crippen molar-refractivity contribution in [2.45, 2.75) is 6.10 Å². The van der Waals surface area contributed by atoms with Crippen LogP contribution in [0.5, 0.6) is 0 Å². The van der Waals surface area contributed by atoms with Gasteiger partial charge in [0.05, 0.1) is 26.4 Å². The number of amides is 1. The summed E-state index contributed by atoms with van der Waals surface area (Å²) in [6.45, 7) is 8.67. The maximum Gasteiger partial charge on any atom is 0.328 e.